The second-order valence-corrected chi connectivity index (χ2v) is 5.85. The molecule has 2 aromatic rings. The summed E-state index contributed by atoms with van der Waals surface area (Å²) in [5.74, 6) is -0.00965. The summed E-state index contributed by atoms with van der Waals surface area (Å²) in [6.07, 6.45) is 3.46. The number of aromatic nitrogens is 2. The van der Waals surface area contributed by atoms with Gasteiger partial charge in [0, 0.05) is 30.0 Å². The topological polar surface area (TPSA) is 58.1 Å². The fourth-order valence-electron chi connectivity index (χ4n) is 1.97. The molecule has 0 radical (unpaired) electrons. The number of hydrogen-bond donors (Lipinski definition) is 1. The minimum absolute atomic E-state index is 0.00965. The highest BCUT2D eigenvalue weighted by Gasteiger charge is 2.12. The lowest BCUT2D eigenvalue weighted by molar-refractivity contribution is -0.120. The van der Waals surface area contributed by atoms with Gasteiger partial charge in [0.15, 0.2) is 0 Å². The summed E-state index contributed by atoms with van der Waals surface area (Å²) in [5.41, 5.74) is 2.48. The van der Waals surface area contributed by atoms with Crippen molar-refractivity contribution in [2.75, 3.05) is 18.5 Å². The van der Waals surface area contributed by atoms with Crippen LogP contribution in [0.4, 0.5) is 5.69 Å². The Hall–Kier alpha value is -1.69. The summed E-state index contributed by atoms with van der Waals surface area (Å²) in [6, 6.07) is 3.92. The number of carbonyl (C=O) groups excluding carboxylic acids is 1. The largest absolute Gasteiger partial charge is 0.363 e. The van der Waals surface area contributed by atoms with Crippen LogP contribution in [0.2, 0.25) is 0 Å². The number of anilines is 1. The van der Waals surface area contributed by atoms with Crippen molar-refractivity contribution in [3.8, 4) is 0 Å². The molecule has 0 saturated carbocycles. The Balaban J connectivity index is 2.26. The maximum atomic E-state index is 11.8. The van der Waals surface area contributed by atoms with Crippen molar-refractivity contribution < 1.29 is 4.79 Å². The van der Waals surface area contributed by atoms with Gasteiger partial charge in [0.25, 0.3) is 0 Å². The Morgan fingerprint density at radius 3 is 2.90 bits per heavy atom. The van der Waals surface area contributed by atoms with Crippen LogP contribution in [0.25, 0.3) is 11.0 Å². The molecule has 6 heteroatoms. The summed E-state index contributed by atoms with van der Waals surface area (Å²) in [4.78, 5) is 22.4. The molecule has 2 rings (SSSR count). The molecule has 5 nitrogen and oxygen atoms in total. The highest BCUT2D eigenvalue weighted by Crippen LogP contribution is 2.24. The molecule has 0 spiro atoms. The second kappa shape index (κ2) is 6.17. The monoisotopic (exact) mass is 336 g/mol. The van der Waals surface area contributed by atoms with Crippen LogP contribution in [0.1, 0.15) is 13.8 Å². The number of hydrogen-bond acceptors (Lipinski definition) is 4. The molecule has 0 saturated heterocycles. The molecule has 0 aromatic carbocycles. The van der Waals surface area contributed by atoms with E-state index in [9.17, 15) is 4.79 Å². The molecule has 1 N–H and O–H groups in total. The van der Waals surface area contributed by atoms with E-state index in [0.29, 0.717) is 0 Å². The Kier molecular flexibility index (Phi) is 4.54. The maximum Gasteiger partial charge on any atom is 0.239 e. The van der Waals surface area contributed by atoms with Crippen LogP contribution in [0.15, 0.2) is 29.0 Å². The number of nitrogens with one attached hydrogen (secondary N) is 1. The van der Waals surface area contributed by atoms with Crippen LogP contribution in [-0.4, -0.2) is 35.5 Å². The lowest BCUT2D eigenvalue weighted by atomic mass is 10.2. The van der Waals surface area contributed by atoms with E-state index in [0.717, 1.165) is 21.2 Å². The lowest BCUT2D eigenvalue weighted by Crippen LogP contribution is -2.38. The van der Waals surface area contributed by atoms with E-state index in [-0.39, 0.29) is 18.5 Å². The first-order valence-electron chi connectivity index (χ1n) is 6.38. The van der Waals surface area contributed by atoms with Gasteiger partial charge in [-0.05, 0) is 41.9 Å². The highest BCUT2D eigenvalue weighted by atomic mass is 79.9. The second-order valence-electron chi connectivity index (χ2n) is 4.93. The van der Waals surface area contributed by atoms with E-state index in [2.05, 4.69) is 31.2 Å². The summed E-state index contributed by atoms with van der Waals surface area (Å²) < 4.78 is 0.884. The number of nitrogens with zero attached hydrogens (tertiary/aromatic N) is 3. The third kappa shape index (κ3) is 3.45. The SMILES string of the molecule is CC(C)NC(=O)CN(C)c1ccnc2cc(Br)cnc12. The summed E-state index contributed by atoms with van der Waals surface area (Å²) >= 11 is 3.38. The van der Waals surface area contributed by atoms with E-state index in [1.165, 1.54) is 0 Å². The minimum atomic E-state index is -0.00965. The average molecular weight is 337 g/mol. The summed E-state index contributed by atoms with van der Waals surface area (Å²) in [5, 5.41) is 2.88. The van der Waals surface area contributed by atoms with E-state index >= 15 is 0 Å². The third-order valence-electron chi connectivity index (χ3n) is 2.76. The number of halogens is 1. The molecule has 0 fully saturated rings. The number of fused-ring (bicyclic) bond motifs is 1. The van der Waals surface area contributed by atoms with Crippen molar-refractivity contribution >= 4 is 38.6 Å². The zero-order valence-corrected chi connectivity index (χ0v) is 13.3. The molecule has 20 heavy (non-hydrogen) atoms. The Bertz CT molecular complexity index is 630. The number of amides is 1. The molecule has 0 aliphatic carbocycles. The van der Waals surface area contributed by atoms with Gasteiger partial charge in [-0.2, -0.15) is 0 Å². The van der Waals surface area contributed by atoms with Crippen LogP contribution >= 0.6 is 15.9 Å². The van der Waals surface area contributed by atoms with Gasteiger partial charge < -0.3 is 10.2 Å². The van der Waals surface area contributed by atoms with Gasteiger partial charge in [-0.15, -0.1) is 0 Å². The van der Waals surface area contributed by atoms with Gasteiger partial charge in [0.2, 0.25) is 5.91 Å². The Labute approximate surface area is 126 Å². The Morgan fingerprint density at radius 1 is 1.45 bits per heavy atom. The zero-order valence-electron chi connectivity index (χ0n) is 11.7. The zero-order chi connectivity index (χ0) is 14.7. The van der Waals surface area contributed by atoms with Crippen molar-refractivity contribution in [1.29, 1.82) is 0 Å². The van der Waals surface area contributed by atoms with Gasteiger partial charge in [-0.3, -0.25) is 14.8 Å². The highest BCUT2D eigenvalue weighted by molar-refractivity contribution is 9.10. The lowest BCUT2D eigenvalue weighted by Gasteiger charge is -2.20. The molecule has 106 valence electrons. The van der Waals surface area contributed by atoms with Gasteiger partial charge in [0.1, 0.15) is 5.52 Å². The van der Waals surface area contributed by atoms with Gasteiger partial charge in [0.05, 0.1) is 17.7 Å². The molecule has 0 bridgehead atoms. The molecule has 0 atom stereocenters. The fraction of sp³-hybridized carbons (Fsp3) is 0.357. The van der Waals surface area contributed by atoms with Crippen molar-refractivity contribution in [1.82, 2.24) is 15.3 Å². The van der Waals surface area contributed by atoms with Crippen molar-refractivity contribution in [2.24, 2.45) is 0 Å². The molecule has 2 aromatic heterocycles. The fourth-order valence-corrected chi connectivity index (χ4v) is 2.29. The maximum absolute atomic E-state index is 11.8. The average Bonchev–Trinajstić information content (AvgIpc) is 2.36. The molecule has 0 unspecified atom stereocenters. The van der Waals surface area contributed by atoms with E-state index in [1.54, 1.807) is 12.4 Å². The first kappa shape index (κ1) is 14.7. The number of likely N-dealkylation sites (N-methyl/N-ethyl adjacent to an activating group) is 1. The number of pyridine rings is 2. The van der Waals surface area contributed by atoms with E-state index in [4.69, 9.17) is 0 Å². The molecule has 0 aliphatic heterocycles. The number of rotatable bonds is 4. The summed E-state index contributed by atoms with van der Waals surface area (Å²) in [7, 11) is 1.87. The predicted octanol–water partition coefficient (Wildman–Crippen LogP) is 2.35. The van der Waals surface area contributed by atoms with Crippen molar-refractivity contribution in [3.05, 3.63) is 29.0 Å². The molecule has 2 heterocycles. The molecule has 0 aliphatic rings. The molecular weight excluding hydrogens is 320 g/mol. The quantitative estimate of drug-likeness (QED) is 0.931. The van der Waals surface area contributed by atoms with Crippen LogP contribution in [-0.2, 0) is 4.79 Å². The van der Waals surface area contributed by atoms with Crippen molar-refractivity contribution in [2.45, 2.75) is 19.9 Å². The molecular formula is C14H17BrN4O. The van der Waals surface area contributed by atoms with Crippen LogP contribution in [0.5, 0.6) is 0 Å². The smallest absolute Gasteiger partial charge is 0.239 e. The predicted molar refractivity (Wildman–Crippen MR) is 83.8 cm³/mol. The third-order valence-corrected chi connectivity index (χ3v) is 3.20. The van der Waals surface area contributed by atoms with Crippen molar-refractivity contribution in [3.63, 3.8) is 0 Å². The van der Waals surface area contributed by atoms with Gasteiger partial charge in [-0.25, -0.2) is 0 Å². The first-order chi connectivity index (χ1) is 9.47. The van der Waals surface area contributed by atoms with Gasteiger partial charge in [-0.1, -0.05) is 0 Å². The normalized spacial score (nSPS) is 10.8. The van der Waals surface area contributed by atoms with Gasteiger partial charge >= 0.3 is 0 Å². The standard InChI is InChI=1S/C14H17BrN4O/c1-9(2)18-13(20)8-19(3)12-4-5-16-11-6-10(15)7-17-14(11)12/h4-7,9H,8H2,1-3H3,(H,18,20). The minimum Gasteiger partial charge on any atom is -0.363 e. The molecule has 1 amide bonds. The van der Waals surface area contributed by atoms with E-state index in [1.807, 2.05) is 37.9 Å². The van der Waals surface area contributed by atoms with Crippen LogP contribution < -0.4 is 10.2 Å². The Morgan fingerprint density at radius 2 is 2.20 bits per heavy atom. The van der Waals surface area contributed by atoms with E-state index < -0.39 is 0 Å². The van der Waals surface area contributed by atoms with Crippen LogP contribution in [0, 0.1) is 0 Å². The first-order valence-corrected chi connectivity index (χ1v) is 7.17. The number of carbonyl (C=O) groups is 1. The summed E-state index contributed by atoms with van der Waals surface area (Å²) in [6.45, 7) is 4.17. The van der Waals surface area contributed by atoms with Crippen LogP contribution in [0.3, 0.4) is 0 Å².